The van der Waals surface area contributed by atoms with Crippen LogP contribution in [0.2, 0.25) is 0 Å². The van der Waals surface area contributed by atoms with Crippen LogP contribution in [0.5, 0.6) is 11.5 Å². The number of nitrogens with one attached hydrogen (secondary N) is 2. The van der Waals surface area contributed by atoms with Crippen LogP contribution in [0.3, 0.4) is 0 Å². The second-order valence-electron chi connectivity index (χ2n) is 8.03. The number of rotatable bonds is 10. The first-order valence-corrected chi connectivity index (χ1v) is 11.2. The van der Waals surface area contributed by atoms with Crippen molar-refractivity contribution in [2.75, 3.05) is 21.3 Å². The minimum Gasteiger partial charge on any atom is -0.493 e. The van der Waals surface area contributed by atoms with Crippen LogP contribution >= 0.6 is 0 Å². The summed E-state index contributed by atoms with van der Waals surface area (Å²) in [6.07, 6.45) is -3.60. The Morgan fingerprint density at radius 2 is 1.60 bits per heavy atom. The van der Waals surface area contributed by atoms with Crippen molar-refractivity contribution in [3.05, 3.63) is 95.1 Å². The molecule has 186 valence electrons. The number of likely N-dealkylation sites (N-methyl/N-ethyl adjacent to an activating group) is 1. The highest BCUT2D eigenvalue weighted by atomic mass is 19.4. The van der Waals surface area contributed by atoms with Gasteiger partial charge in [0.15, 0.2) is 11.5 Å². The molecule has 0 saturated carbocycles. The predicted octanol–water partition coefficient (Wildman–Crippen LogP) is 5.47. The zero-order valence-corrected chi connectivity index (χ0v) is 19.9. The number of hydrogen-bond acceptors (Lipinski definition) is 4. The molecule has 0 aliphatic heterocycles. The molecule has 1 amide bonds. The maximum Gasteiger partial charge on any atom is 0.416 e. The van der Waals surface area contributed by atoms with Crippen LogP contribution in [0.25, 0.3) is 0 Å². The van der Waals surface area contributed by atoms with Gasteiger partial charge >= 0.3 is 6.18 Å². The van der Waals surface area contributed by atoms with Gasteiger partial charge in [0.1, 0.15) is 6.04 Å². The van der Waals surface area contributed by atoms with E-state index in [1.54, 1.807) is 19.2 Å². The minimum atomic E-state index is -4.41. The van der Waals surface area contributed by atoms with E-state index in [-0.39, 0.29) is 11.9 Å². The highest BCUT2D eigenvalue weighted by molar-refractivity contribution is 5.83. The zero-order valence-electron chi connectivity index (χ0n) is 19.9. The Kier molecular flexibility index (Phi) is 8.76. The van der Waals surface area contributed by atoms with E-state index in [1.165, 1.54) is 26.4 Å². The first kappa shape index (κ1) is 26.1. The van der Waals surface area contributed by atoms with Crippen LogP contribution in [0.4, 0.5) is 13.2 Å². The van der Waals surface area contributed by atoms with Crippen LogP contribution in [-0.2, 0) is 17.4 Å². The molecule has 0 spiro atoms. The van der Waals surface area contributed by atoms with E-state index in [9.17, 15) is 18.0 Å². The van der Waals surface area contributed by atoms with E-state index in [1.807, 2.05) is 42.5 Å². The fourth-order valence-corrected chi connectivity index (χ4v) is 3.94. The number of carbonyl (C=O) groups is 1. The average Bonchev–Trinajstić information content (AvgIpc) is 2.88. The van der Waals surface area contributed by atoms with E-state index >= 15 is 0 Å². The van der Waals surface area contributed by atoms with Gasteiger partial charge in [0.05, 0.1) is 19.8 Å². The van der Waals surface area contributed by atoms with Gasteiger partial charge in [-0.15, -0.1) is 0 Å². The third kappa shape index (κ3) is 6.76. The monoisotopic (exact) mass is 486 g/mol. The first-order valence-electron chi connectivity index (χ1n) is 11.2. The molecular formula is C27H29F3N2O3. The number of alkyl halides is 3. The minimum absolute atomic E-state index is 0.222. The number of benzene rings is 3. The van der Waals surface area contributed by atoms with Gasteiger partial charge in [-0.3, -0.25) is 10.1 Å². The van der Waals surface area contributed by atoms with Crippen molar-refractivity contribution in [3.8, 4) is 11.5 Å². The Bertz CT molecular complexity index is 1120. The summed E-state index contributed by atoms with van der Waals surface area (Å²) in [5, 5.41) is 6.10. The summed E-state index contributed by atoms with van der Waals surface area (Å²) in [7, 11) is 4.63. The van der Waals surface area contributed by atoms with E-state index in [2.05, 4.69) is 10.6 Å². The lowest BCUT2D eigenvalue weighted by Gasteiger charge is -2.26. The van der Waals surface area contributed by atoms with Gasteiger partial charge in [-0.05, 0) is 47.7 Å². The van der Waals surface area contributed by atoms with E-state index in [0.717, 1.165) is 17.2 Å². The maximum atomic E-state index is 13.2. The molecule has 0 heterocycles. The van der Waals surface area contributed by atoms with Gasteiger partial charge in [0.2, 0.25) is 5.91 Å². The Morgan fingerprint density at radius 3 is 2.23 bits per heavy atom. The number of hydrogen-bond donors (Lipinski definition) is 2. The van der Waals surface area contributed by atoms with Gasteiger partial charge in [0.25, 0.3) is 0 Å². The summed E-state index contributed by atoms with van der Waals surface area (Å²) in [4.78, 5) is 12.8. The molecular weight excluding hydrogens is 457 g/mol. The summed E-state index contributed by atoms with van der Waals surface area (Å²) >= 11 is 0. The van der Waals surface area contributed by atoms with Crippen molar-refractivity contribution >= 4 is 5.91 Å². The van der Waals surface area contributed by atoms with Crippen LogP contribution in [0.1, 0.15) is 40.8 Å². The van der Waals surface area contributed by atoms with E-state index in [4.69, 9.17) is 9.47 Å². The number of amides is 1. The Labute approximate surface area is 203 Å². The molecule has 0 radical (unpaired) electrons. The number of carbonyl (C=O) groups excluding carboxylic acids is 1. The van der Waals surface area contributed by atoms with Crippen LogP contribution < -0.4 is 20.1 Å². The topological polar surface area (TPSA) is 59.6 Å². The molecule has 0 aliphatic carbocycles. The molecule has 8 heteroatoms. The zero-order chi connectivity index (χ0) is 25.4. The number of aryl methyl sites for hydroxylation is 1. The molecule has 2 atom stereocenters. The van der Waals surface area contributed by atoms with Crippen molar-refractivity contribution in [1.82, 2.24) is 10.6 Å². The second kappa shape index (κ2) is 11.8. The predicted molar refractivity (Wildman–Crippen MR) is 128 cm³/mol. The van der Waals surface area contributed by atoms with Gasteiger partial charge in [0, 0.05) is 13.1 Å². The Balaban J connectivity index is 1.95. The Morgan fingerprint density at radius 1 is 0.886 bits per heavy atom. The summed E-state index contributed by atoms with van der Waals surface area (Å²) in [5.74, 6) is 0.853. The van der Waals surface area contributed by atoms with Crippen molar-refractivity contribution in [3.63, 3.8) is 0 Å². The van der Waals surface area contributed by atoms with Crippen LogP contribution in [0.15, 0.2) is 72.8 Å². The van der Waals surface area contributed by atoms with Gasteiger partial charge < -0.3 is 14.8 Å². The van der Waals surface area contributed by atoms with Crippen molar-refractivity contribution in [1.29, 1.82) is 0 Å². The molecule has 0 bridgehead atoms. The van der Waals surface area contributed by atoms with Gasteiger partial charge in [-0.25, -0.2) is 0 Å². The fraction of sp³-hybridized carbons (Fsp3) is 0.296. The molecule has 3 aromatic carbocycles. The second-order valence-corrected chi connectivity index (χ2v) is 8.03. The van der Waals surface area contributed by atoms with Gasteiger partial charge in [-0.2, -0.15) is 13.2 Å². The standard InChI is InChI=1S/C27H29F3N2O3/c1-31-26(33)25(19-9-5-4-6-10-19)32-22(20-13-15-23(34-2)24(17-20)35-3)14-12-18-8-7-11-21(16-18)27(28,29)30/h4-11,13,15-17,22,25,32H,12,14H2,1-3H3,(H,31,33)/t22-,25-/m0/s1. The lowest BCUT2D eigenvalue weighted by molar-refractivity contribution is -0.137. The molecule has 0 unspecified atom stereocenters. The number of ether oxygens (including phenoxy) is 2. The molecule has 2 N–H and O–H groups in total. The van der Waals surface area contributed by atoms with E-state index < -0.39 is 17.8 Å². The van der Waals surface area contributed by atoms with Crippen molar-refractivity contribution < 1.29 is 27.4 Å². The summed E-state index contributed by atoms with van der Waals surface area (Å²) in [5.41, 5.74) is 1.47. The highest BCUT2D eigenvalue weighted by Crippen LogP contribution is 2.34. The normalized spacial score (nSPS) is 13.1. The number of methoxy groups -OCH3 is 2. The van der Waals surface area contributed by atoms with Crippen LogP contribution in [0, 0.1) is 0 Å². The van der Waals surface area contributed by atoms with Gasteiger partial charge in [-0.1, -0.05) is 54.6 Å². The summed E-state index contributed by atoms with van der Waals surface area (Å²) < 4.78 is 50.4. The fourth-order valence-electron chi connectivity index (χ4n) is 3.94. The van der Waals surface area contributed by atoms with Crippen molar-refractivity contribution in [2.24, 2.45) is 0 Å². The molecule has 0 saturated heterocycles. The first-order chi connectivity index (χ1) is 16.8. The molecule has 0 aromatic heterocycles. The molecule has 3 rings (SSSR count). The summed E-state index contributed by atoms with van der Waals surface area (Å²) in [6.45, 7) is 0. The average molecular weight is 487 g/mol. The quantitative estimate of drug-likeness (QED) is 0.399. The molecule has 0 fully saturated rings. The number of halogens is 3. The third-order valence-corrected chi connectivity index (χ3v) is 5.80. The maximum absolute atomic E-state index is 13.2. The SMILES string of the molecule is CNC(=O)[C@@H](N[C@@H](CCc1cccc(C(F)(F)F)c1)c1ccc(OC)c(OC)c1)c1ccccc1. The Hall–Kier alpha value is -3.52. The van der Waals surface area contributed by atoms with E-state index in [0.29, 0.717) is 29.9 Å². The van der Waals surface area contributed by atoms with Crippen molar-refractivity contribution in [2.45, 2.75) is 31.1 Å². The van der Waals surface area contributed by atoms with Crippen LogP contribution in [-0.4, -0.2) is 27.2 Å². The molecule has 5 nitrogen and oxygen atoms in total. The third-order valence-electron chi connectivity index (χ3n) is 5.80. The molecule has 3 aromatic rings. The largest absolute Gasteiger partial charge is 0.493 e. The smallest absolute Gasteiger partial charge is 0.416 e. The lowest BCUT2D eigenvalue weighted by atomic mass is 9.95. The lowest BCUT2D eigenvalue weighted by Crippen LogP contribution is -2.38. The molecule has 35 heavy (non-hydrogen) atoms. The highest BCUT2D eigenvalue weighted by Gasteiger charge is 2.30. The summed E-state index contributed by atoms with van der Waals surface area (Å²) in [6, 6.07) is 19.0. The molecule has 0 aliphatic rings.